The molecule has 1 aliphatic carbocycles. The minimum atomic E-state index is -3.21. The molecule has 2 N–H and O–H groups in total. The average Bonchev–Trinajstić information content (AvgIpc) is 3.49. The van der Waals surface area contributed by atoms with Gasteiger partial charge < -0.3 is 24.5 Å². The molecule has 3 atom stereocenters. The van der Waals surface area contributed by atoms with Crippen LogP contribution < -0.4 is 15.4 Å². The average molecular weight is 652 g/mol. The Kier molecular flexibility index (Phi) is 11.1. The van der Waals surface area contributed by atoms with E-state index in [4.69, 9.17) is 19.0 Å². The van der Waals surface area contributed by atoms with Gasteiger partial charge in [-0.3, -0.25) is 0 Å². The van der Waals surface area contributed by atoms with E-state index in [2.05, 4.69) is 76.3 Å². The molecule has 0 bridgehead atoms. The Labute approximate surface area is 269 Å². The van der Waals surface area contributed by atoms with Gasteiger partial charge in [-0.25, -0.2) is 23.2 Å². The van der Waals surface area contributed by atoms with Crippen LogP contribution in [-0.4, -0.2) is 59.5 Å². The zero-order chi connectivity index (χ0) is 34.0. The molecule has 2 aromatic heterocycles. The van der Waals surface area contributed by atoms with Gasteiger partial charge in [0.05, 0.1) is 23.9 Å². The molecule has 0 aromatic carbocycles. The van der Waals surface area contributed by atoms with Crippen LogP contribution in [0.15, 0.2) is 24.4 Å². The number of anilines is 2. The number of ether oxygens (including phenoxy) is 2. The maximum Gasteiger partial charge on any atom is 0.408 e. The van der Waals surface area contributed by atoms with Crippen LogP contribution >= 0.6 is 0 Å². The Morgan fingerprint density at radius 2 is 1.76 bits per heavy atom. The van der Waals surface area contributed by atoms with Crippen LogP contribution in [-0.2, 0) is 14.7 Å². The van der Waals surface area contributed by atoms with Crippen LogP contribution in [0.1, 0.15) is 107 Å². The van der Waals surface area contributed by atoms with Gasteiger partial charge in [-0.15, -0.1) is 0 Å². The zero-order valence-corrected chi connectivity index (χ0v) is 30.3. The normalized spacial score (nSPS) is 18.9. The van der Waals surface area contributed by atoms with E-state index in [9.17, 15) is 13.6 Å². The van der Waals surface area contributed by atoms with Crippen molar-refractivity contribution in [2.45, 2.75) is 148 Å². The smallest absolute Gasteiger partial charge is 0.408 e. The molecule has 0 aliphatic heterocycles. The number of nitrogens with zero attached hydrogens (tertiary/aromatic N) is 3. The lowest BCUT2D eigenvalue weighted by Crippen LogP contribution is -2.47. The molecule has 12 heteroatoms. The molecule has 1 amide bonds. The van der Waals surface area contributed by atoms with Crippen molar-refractivity contribution in [1.29, 1.82) is 0 Å². The molecule has 2 heterocycles. The Hall–Kier alpha value is -2.73. The van der Waals surface area contributed by atoms with Gasteiger partial charge in [0.15, 0.2) is 8.32 Å². The number of amides is 1. The summed E-state index contributed by atoms with van der Waals surface area (Å²) in [7, 11) is -1.85. The first-order chi connectivity index (χ1) is 20.5. The third kappa shape index (κ3) is 10.4. The van der Waals surface area contributed by atoms with Gasteiger partial charge in [0.25, 0.3) is 5.92 Å². The van der Waals surface area contributed by atoms with Crippen molar-refractivity contribution in [3.8, 4) is 5.88 Å². The summed E-state index contributed by atoms with van der Waals surface area (Å²) in [4.78, 5) is 16.1. The first kappa shape index (κ1) is 36.7. The van der Waals surface area contributed by atoms with Crippen LogP contribution in [0.4, 0.5) is 25.1 Å². The fourth-order valence-electron chi connectivity index (χ4n) is 4.92. The number of aromatic nitrogens is 3. The largest absolute Gasteiger partial charge is 0.477 e. The van der Waals surface area contributed by atoms with Crippen molar-refractivity contribution in [1.82, 2.24) is 20.1 Å². The van der Waals surface area contributed by atoms with Crippen LogP contribution in [0, 0.1) is 0 Å². The third-order valence-electron chi connectivity index (χ3n) is 8.49. The monoisotopic (exact) mass is 651 g/mol. The van der Waals surface area contributed by atoms with Gasteiger partial charge in [0.1, 0.15) is 11.4 Å². The van der Waals surface area contributed by atoms with Crippen molar-refractivity contribution < 1.29 is 27.5 Å². The van der Waals surface area contributed by atoms with Crippen LogP contribution in [0.25, 0.3) is 0 Å². The van der Waals surface area contributed by atoms with Gasteiger partial charge in [-0.05, 0) is 91.9 Å². The summed E-state index contributed by atoms with van der Waals surface area (Å²) in [5, 5.41) is 10.9. The number of alkyl halides is 2. The summed E-state index contributed by atoms with van der Waals surface area (Å²) in [5.74, 6) is -1.85. The highest BCUT2D eigenvalue weighted by atomic mass is 28.4. The number of rotatable bonds is 11. The standard InChI is InChI=1S/C33H55F2N5O4Si/c1-22(37-29(41)43-31(5,6)7)33(34,35)16-18-42-28-20-24(15-17-36-28)38-27-21-26(39-40(27)30(2,3)4)23-13-14-25(19-23)44-45(11,12)32(8,9)10/h15,17,20-23,25H,13-14,16,18-19H2,1-12H3,(H,36,38)(H,37,41)/t22-,23-,25+/m0/s1. The van der Waals surface area contributed by atoms with Crippen molar-refractivity contribution in [3.63, 3.8) is 0 Å². The lowest BCUT2D eigenvalue weighted by Gasteiger charge is -2.38. The van der Waals surface area contributed by atoms with Crippen LogP contribution in [0.5, 0.6) is 5.88 Å². The molecule has 9 nitrogen and oxygen atoms in total. The molecule has 3 rings (SSSR count). The van der Waals surface area contributed by atoms with E-state index in [0.717, 1.165) is 30.8 Å². The van der Waals surface area contributed by atoms with Crippen molar-refractivity contribution in [2.24, 2.45) is 0 Å². The zero-order valence-electron chi connectivity index (χ0n) is 29.3. The second-order valence-corrected chi connectivity index (χ2v) is 20.5. The van der Waals surface area contributed by atoms with E-state index in [-0.39, 0.29) is 29.2 Å². The highest BCUT2D eigenvalue weighted by Crippen LogP contribution is 2.43. The third-order valence-corrected chi connectivity index (χ3v) is 13.0. The van der Waals surface area contributed by atoms with Crippen molar-refractivity contribution in [3.05, 3.63) is 30.1 Å². The highest BCUT2D eigenvalue weighted by molar-refractivity contribution is 6.74. The topological polar surface area (TPSA) is 99.5 Å². The molecular formula is C33H55F2N5O4Si. The van der Waals surface area contributed by atoms with E-state index < -0.39 is 38.4 Å². The second kappa shape index (κ2) is 13.6. The molecule has 1 fully saturated rings. The van der Waals surface area contributed by atoms with Gasteiger partial charge in [0, 0.05) is 42.5 Å². The fraction of sp³-hybridized carbons (Fsp3) is 0.727. The summed E-state index contributed by atoms with van der Waals surface area (Å²) < 4.78 is 48.9. The molecule has 45 heavy (non-hydrogen) atoms. The minimum Gasteiger partial charge on any atom is -0.477 e. The maximum atomic E-state index is 14.7. The van der Waals surface area contributed by atoms with Gasteiger partial charge >= 0.3 is 6.09 Å². The van der Waals surface area contributed by atoms with E-state index in [1.807, 2.05) is 4.68 Å². The predicted octanol–water partition coefficient (Wildman–Crippen LogP) is 8.75. The summed E-state index contributed by atoms with van der Waals surface area (Å²) in [5.41, 5.74) is 0.682. The number of carbonyl (C=O) groups is 1. The number of hydrogen-bond donors (Lipinski definition) is 2. The summed E-state index contributed by atoms with van der Waals surface area (Å²) in [6.07, 6.45) is 3.34. The molecule has 1 saturated carbocycles. The first-order valence-corrected chi connectivity index (χ1v) is 18.9. The SMILES string of the molecule is C[C@H](NC(=O)OC(C)(C)C)C(F)(F)CCOc1cc(Nc2cc([C@H]3CC[C@@H](O[Si](C)(C)C(C)(C)C)C3)nn2C(C)(C)C)ccn1. The minimum absolute atomic E-state index is 0.168. The number of nitrogens with one attached hydrogen (secondary N) is 2. The van der Waals surface area contributed by atoms with Crippen molar-refractivity contribution in [2.75, 3.05) is 11.9 Å². The molecule has 0 unspecified atom stereocenters. The Morgan fingerprint density at radius 3 is 2.36 bits per heavy atom. The van der Waals surface area contributed by atoms with Crippen LogP contribution in [0.3, 0.4) is 0 Å². The molecule has 1 aliphatic rings. The number of carbonyl (C=O) groups excluding carboxylic acids is 1. The van der Waals surface area contributed by atoms with E-state index in [0.29, 0.717) is 11.6 Å². The molecule has 254 valence electrons. The van der Waals surface area contributed by atoms with E-state index >= 15 is 0 Å². The number of alkyl carbamates (subject to hydrolysis) is 1. The van der Waals surface area contributed by atoms with Crippen molar-refractivity contribution >= 4 is 25.9 Å². The fourth-order valence-corrected chi connectivity index (χ4v) is 6.32. The number of halogens is 2. The predicted molar refractivity (Wildman–Crippen MR) is 177 cm³/mol. The van der Waals surface area contributed by atoms with E-state index in [1.54, 1.807) is 39.1 Å². The second-order valence-electron chi connectivity index (χ2n) is 15.8. The first-order valence-electron chi connectivity index (χ1n) is 16.0. The lowest BCUT2D eigenvalue weighted by molar-refractivity contribution is -0.0505. The summed E-state index contributed by atoms with van der Waals surface area (Å²) in [6, 6.07) is 4.15. The molecular weight excluding hydrogens is 596 g/mol. The van der Waals surface area contributed by atoms with Gasteiger partial charge in [-0.1, -0.05) is 20.8 Å². The highest BCUT2D eigenvalue weighted by Gasteiger charge is 2.41. The molecule has 0 radical (unpaired) electrons. The Balaban J connectivity index is 1.65. The number of pyridine rings is 1. The molecule has 2 aromatic rings. The summed E-state index contributed by atoms with van der Waals surface area (Å²) in [6.45, 7) is 23.7. The lowest BCUT2D eigenvalue weighted by atomic mass is 10.0. The Bertz CT molecular complexity index is 1300. The molecule has 0 spiro atoms. The maximum absolute atomic E-state index is 14.7. The number of hydrogen-bond acceptors (Lipinski definition) is 7. The van der Waals surface area contributed by atoms with Gasteiger partial charge in [0.2, 0.25) is 5.88 Å². The quantitative estimate of drug-likeness (QED) is 0.234. The van der Waals surface area contributed by atoms with Gasteiger partial charge in [-0.2, -0.15) is 5.10 Å². The molecule has 0 saturated heterocycles. The Morgan fingerprint density at radius 1 is 1.09 bits per heavy atom. The van der Waals surface area contributed by atoms with E-state index in [1.165, 1.54) is 6.92 Å². The summed E-state index contributed by atoms with van der Waals surface area (Å²) >= 11 is 0. The van der Waals surface area contributed by atoms with Crippen LogP contribution in [0.2, 0.25) is 18.1 Å².